The van der Waals surface area contributed by atoms with E-state index < -0.39 is 40.7 Å². The van der Waals surface area contributed by atoms with Crippen molar-refractivity contribution in [3.05, 3.63) is 108 Å². The third kappa shape index (κ3) is 10.0. The molecule has 0 unspecified atom stereocenters. The van der Waals surface area contributed by atoms with Crippen LogP contribution < -0.4 is 15.8 Å². The van der Waals surface area contributed by atoms with Crippen molar-refractivity contribution in [1.82, 2.24) is 14.5 Å². The van der Waals surface area contributed by atoms with Crippen molar-refractivity contribution in [3.63, 3.8) is 0 Å². The highest BCUT2D eigenvalue weighted by Gasteiger charge is 2.43. The van der Waals surface area contributed by atoms with E-state index in [0.717, 1.165) is 20.8 Å². The van der Waals surface area contributed by atoms with Crippen molar-refractivity contribution in [2.45, 2.75) is 36.5 Å². The third-order valence-electron chi connectivity index (χ3n) is 7.97. The number of alkyl halides is 3. The highest BCUT2D eigenvalue weighted by Crippen LogP contribution is 2.29. The van der Waals surface area contributed by atoms with Gasteiger partial charge in [-0.3, -0.25) is 15.0 Å². The van der Waals surface area contributed by atoms with Crippen LogP contribution in [0.25, 0.3) is 10.8 Å². The Bertz CT molecular complexity index is 2010. The number of amides is 2. The van der Waals surface area contributed by atoms with Gasteiger partial charge in [0.15, 0.2) is 0 Å². The first-order valence-corrected chi connectivity index (χ1v) is 17.0. The molecule has 51 heavy (non-hydrogen) atoms. The predicted molar refractivity (Wildman–Crippen MR) is 183 cm³/mol. The van der Waals surface area contributed by atoms with E-state index in [2.05, 4.69) is 5.32 Å². The standard InChI is InChI=1S/C33H35N5O5S.C2HF3O2/c1-43-28-12-10-26-20-29(13-11-25(26)19-28)44(41,42)38(22-31(39)36-16-14-23-6-3-2-4-7-23)30-15-17-37(33(30)40)21-24-8-5-9-27(18-24)32(34)35;3-2(4,5)1(6)7/h2-13,18-20,30H,14-17,21-22H2,1H3,(H3,34,35)(H,36,39);(H,6,7)/t30-;/m0./s1. The average molecular weight is 728 g/mol. The van der Waals surface area contributed by atoms with Gasteiger partial charge in [0.05, 0.1) is 18.6 Å². The second kappa shape index (κ2) is 16.5. The van der Waals surface area contributed by atoms with Crippen LogP contribution >= 0.6 is 0 Å². The SMILES string of the molecule is COc1ccc2cc(S(=O)(=O)N(CC(=O)NCCc3ccccc3)[C@H]3CCN(Cc4cccc(C(=N)N)c4)C3=O)ccc2c1.O=C(O)C(F)(F)F. The number of sulfonamides is 1. The Morgan fingerprint density at radius 2 is 1.65 bits per heavy atom. The molecule has 1 atom stereocenters. The summed E-state index contributed by atoms with van der Waals surface area (Å²) < 4.78 is 66.4. The van der Waals surface area contributed by atoms with E-state index in [0.29, 0.717) is 36.2 Å². The molecule has 2 amide bonds. The summed E-state index contributed by atoms with van der Waals surface area (Å²) in [6.07, 6.45) is -4.27. The highest BCUT2D eigenvalue weighted by atomic mass is 32.2. The molecule has 0 aliphatic carbocycles. The largest absolute Gasteiger partial charge is 0.497 e. The van der Waals surface area contributed by atoms with Gasteiger partial charge in [-0.1, -0.05) is 60.7 Å². The molecule has 0 bridgehead atoms. The van der Waals surface area contributed by atoms with Gasteiger partial charge in [0, 0.05) is 25.2 Å². The number of aliphatic carboxylic acids is 1. The number of nitrogens with one attached hydrogen (secondary N) is 2. The first kappa shape index (κ1) is 38.3. The Balaban J connectivity index is 0.000000755. The summed E-state index contributed by atoms with van der Waals surface area (Å²) in [6.45, 7) is 0.367. The van der Waals surface area contributed by atoms with Gasteiger partial charge in [-0.25, -0.2) is 13.2 Å². The fourth-order valence-electron chi connectivity index (χ4n) is 5.38. The number of carboxylic acids is 1. The normalized spacial score (nSPS) is 14.6. The molecule has 0 aromatic heterocycles. The minimum absolute atomic E-state index is 0.00679. The molecule has 16 heteroatoms. The lowest BCUT2D eigenvalue weighted by Crippen LogP contribution is -2.49. The van der Waals surface area contributed by atoms with E-state index in [9.17, 15) is 31.2 Å². The minimum atomic E-state index is -5.08. The molecule has 270 valence electrons. The third-order valence-corrected chi connectivity index (χ3v) is 9.83. The van der Waals surface area contributed by atoms with Crippen LogP contribution in [0.15, 0.2) is 95.9 Å². The molecule has 5 rings (SSSR count). The number of likely N-dealkylation sites (tertiary alicyclic amines) is 1. The maximum Gasteiger partial charge on any atom is 0.490 e. The molecule has 5 N–H and O–H groups in total. The second-order valence-corrected chi connectivity index (χ2v) is 13.4. The Morgan fingerprint density at radius 3 is 2.29 bits per heavy atom. The van der Waals surface area contributed by atoms with E-state index in [1.165, 1.54) is 6.07 Å². The zero-order valence-corrected chi connectivity index (χ0v) is 28.2. The summed E-state index contributed by atoms with van der Waals surface area (Å²) in [6, 6.07) is 25.7. The summed E-state index contributed by atoms with van der Waals surface area (Å²) in [5.41, 5.74) is 7.98. The van der Waals surface area contributed by atoms with Crippen LogP contribution in [0, 0.1) is 5.41 Å². The average Bonchev–Trinajstić information content (AvgIpc) is 3.45. The van der Waals surface area contributed by atoms with Crippen molar-refractivity contribution in [3.8, 4) is 5.75 Å². The topological polar surface area (TPSA) is 183 Å². The van der Waals surface area contributed by atoms with Gasteiger partial charge in [-0.05, 0) is 65.1 Å². The number of amidine groups is 1. The van der Waals surface area contributed by atoms with Gasteiger partial charge in [-0.15, -0.1) is 0 Å². The number of halogens is 3. The Kier molecular flexibility index (Phi) is 12.4. The molecule has 1 aliphatic rings. The summed E-state index contributed by atoms with van der Waals surface area (Å²) >= 11 is 0. The number of nitrogen functional groups attached to an aromatic ring is 1. The van der Waals surface area contributed by atoms with Crippen LogP contribution in [-0.4, -0.2) is 85.3 Å². The molecule has 0 spiro atoms. The summed E-state index contributed by atoms with van der Waals surface area (Å²) in [4.78, 5) is 37.3. The molecule has 1 saturated heterocycles. The Morgan fingerprint density at radius 1 is 1.00 bits per heavy atom. The highest BCUT2D eigenvalue weighted by molar-refractivity contribution is 7.89. The number of hydrogen-bond donors (Lipinski definition) is 4. The maximum atomic E-state index is 14.2. The number of carbonyl (C=O) groups is 3. The van der Waals surface area contributed by atoms with Gasteiger partial charge in [-0.2, -0.15) is 17.5 Å². The van der Waals surface area contributed by atoms with E-state index in [1.807, 2.05) is 42.5 Å². The van der Waals surface area contributed by atoms with Crippen LogP contribution in [0.4, 0.5) is 13.2 Å². The predicted octanol–water partition coefficient (Wildman–Crippen LogP) is 3.92. The van der Waals surface area contributed by atoms with Gasteiger partial charge < -0.3 is 25.8 Å². The number of carbonyl (C=O) groups excluding carboxylic acids is 2. The van der Waals surface area contributed by atoms with E-state index in [-0.39, 0.29) is 29.6 Å². The fraction of sp³-hybridized carbons (Fsp3) is 0.257. The van der Waals surface area contributed by atoms with Crippen molar-refractivity contribution in [2.75, 3.05) is 26.7 Å². The number of nitrogens with two attached hydrogens (primary N) is 1. The second-order valence-electron chi connectivity index (χ2n) is 11.5. The lowest BCUT2D eigenvalue weighted by molar-refractivity contribution is -0.192. The minimum Gasteiger partial charge on any atom is -0.497 e. The summed E-state index contributed by atoms with van der Waals surface area (Å²) in [7, 11) is -2.70. The molecule has 1 aliphatic heterocycles. The number of rotatable bonds is 12. The van der Waals surface area contributed by atoms with Gasteiger partial charge in [0.2, 0.25) is 21.8 Å². The van der Waals surface area contributed by atoms with Crippen molar-refractivity contribution in [2.24, 2.45) is 5.73 Å². The molecule has 4 aromatic carbocycles. The van der Waals surface area contributed by atoms with Crippen LogP contribution in [0.2, 0.25) is 0 Å². The van der Waals surface area contributed by atoms with Gasteiger partial charge in [0.1, 0.15) is 17.6 Å². The van der Waals surface area contributed by atoms with Crippen LogP contribution in [0.5, 0.6) is 5.75 Å². The molecule has 0 radical (unpaired) electrons. The van der Waals surface area contributed by atoms with Crippen molar-refractivity contribution in [1.29, 1.82) is 5.41 Å². The van der Waals surface area contributed by atoms with Gasteiger partial charge in [0.25, 0.3) is 0 Å². The fourth-order valence-corrected chi connectivity index (χ4v) is 6.98. The van der Waals surface area contributed by atoms with E-state index in [4.69, 9.17) is 25.8 Å². The first-order valence-electron chi connectivity index (χ1n) is 15.5. The Hall–Kier alpha value is -5.48. The quantitative estimate of drug-likeness (QED) is 0.125. The number of benzene rings is 4. The molecule has 1 fully saturated rings. The van der Waals surface area contributed by atoms with Crippen LogP contribution in [-0.2, 0) is 37.4 Å². The van der Waals surface area contributed by atoms with E-state index >= 15 is 0 Å². The zero-order chi connectivity index (χ0) is 37.3. The van der Waals surface area contributed by atoms with Crippen LogP contribution in [0.1, 0.15) is 23.1 Å². The van der Waals surface area contributed by atoms with E-state index in [1.54, 1.807) is 54.5 Å². The molecule has 4 aromatic rings. The number of fused-ring (bicyclic) bond motifs is 1. The number of ether oxygens (including phenoxy) is 1. The molecule has 0 saturated carbocycles. The first-order chi connectivity index (χ1) is 24.1. The number of hydrogen-bond acceptors (Lipinski definition) is 7. The maximum absolute atomic E-state index is 14.2. The van der Waals surface area contributed by atoms with Crippen LogP contribution in [0.3, 0.4) is 0 Å². The van der Waals surface area contributed by atoms with Crippen molar-refractivity contribution < 1.29 is 45.8 Å². The monoisotopic (exact) mass is 727 g/mol. The molecular formula is C35H36F3N5O7S. The zero-order valence-electron chi connectivity index (χ0n) is 27.4. The number of carboxylic acid groups (broad SMARTS) is 1. The molecule has 12 nitrogen and oxygen atoms in total. The molecule has 1 heterocycles. The smallest absolute Gasteiger partial charge is 0.490 e. The summed E-state index contributed by atoms with van der Waals surface area (Å²) in [5.74, 6) is -3.07. The lowest BCUT2D eigenvalue weighted by atomic mass is 10.1. The Labute approximate surface area is 292 Å². The summed E-state index contributed by atoms with van der Waals surface area (Å²) in [5, 5.41) is 19.1. The number of nitrogens with zero attached hydrogens (tertiary/aromatic N) is 2. The molecular weight excluding hydrogens is 691 g/mol. The number of methoxy groups -OCH3 is 1. The lowest BCUT2D eigenvalue weighted by Gasteiger charge is -2.27. The van der Waals surface area contributed by atoms with Crippen molar-refractivity contribution >= 4 is 44.4 Å². The van der Waals surface area contributed by atoms with Gasteiger partial charge >= 0.3 is 12.1 Å².